The van der Waals surface area contributed by atoms with E-state index in [2.05, 4.69) is 22.6 Å². The van der Waals surface area contributed by atoms with Crippen molar-refractivity contribution in [1.82, 2.24) is 8.97 Å². The van der Waals surface area contributed by atoms with Crippen LogP contribution in [0.1, 0.15) is 0 Å². The summed E-state index contributed by atoms with van der Waals surface area (Å²) in [6.45, 7) is 0. The molecule has 0 aliphatic heterocycles. The Morgan fingerprint density at radius 3 is 2.21 bits per heavy atom. The van der Waals surface area contributed by atoms with Crippen molar-refractivity contribution in [2.75, 3.05) is 0 Å². The molecular weight excluding hydrogens is 408 g/mol. The first kappa shape index (κ1) is 18.0. The molecule has 3 heterocycles. The monoisotopic (exact) mass is 426 g/mol. The van der Waals surface area contributed by atoms with E-state index in [1.807, 2.05) is 91.0 Å². The second-order valence-electron chi connectivity index (χ2n) is 8.18. The molecule has 3 aromatic heterocycles. The van der Waals surface area contributed by atoms with Gasteiger partial charge in [-0.25, -0.2) is 0 Å². The first-order chi connectivity index (χ1) is 16.3. The molecule has 7 aromatic rings. The van der Waals surface area contributed by atoms with Gasteiger partial charge in [0.2, 0.25) is 0 Å². The van der Waals surface area contributed by atoms with E-state index in [-0.39, 0.29) is 5.56 Å². The number of nitrogens with zero attached hydrogens (tertiary/aromatic N) is 2. The highest BCUT2D eigenvalue weighted by Gasteiger charge is 2.19. The number of benzene rings is 4. The lowest BCUT2D eigenvalue weighted by Gasteiger charge is -2.14. The molecule has 0 N–H and O–H groups in total. The second-order valence-corrected chi connectivity index (χ2v) is 8.18. The highest BCUT2D eigenvalue weighted by molar-refractivity contribution is 6.12. The first-order valence-electron chi connectivity index (χ1n) is 10.9. The van der Waals surface area contributed by atoms with Crippen LogP contribution in [0.3, 0.4) is 0 Å². The fourth-order valence-electron chi connectivity index (χ4n) is 4.95. The molecule has 4 aromatic carbocycles. The topological polar surface area (TPSA) is 39.6 Å². The van der Waals surface area contributed by atoms with E-state index in [9.17, 15) is 4.79 Å². The lowest BCUT2D eigenvalue weighted by atomic mass is 10.0. The molecule has 4 heteroatoms. The van der Waals surface area contributed by atoms with Gasteiger partial charge in [-0.2, -0.15) is 0 Å². The Labute approximate surface area is 188 Å². The summed E-state index contributed by atoms with van der Waals surface area (Å²) in [5.74, 6) is 0. The first-order valence-corrected chi connectivity index (χ1v) is 10.9. The van der Waals surface area contributed by atoms with Gasteiger partial charge in [0.1, 0.15) is 16.8 Å². The van der Waals surface area contributed by atoms with Gasteiger partial charge in [-0.1, -0.05) is 60.7 Å². The van der Waals surface area contributed by atoms with Gasteiger partial charge in [0.15, 0.2) is 0 Å². The Morgan fingerprint density at radius 2 is 1.33 bits per heavy atom. The van der Waals surface area contributed by atoms with Gasteiger partial charge in [-0.3, -0.25) is 13.8 Å². The van der Waals surface area contributed by atoms with Crippen molar-refractivity contribution >= 4 is 38.5 Å². The second kappa shape index (κ2) is 6.71. The molecule has 0 radical (unpaired) electrons. The molecular formula is C29H18N2O2. The standard InChI is InChI=1S/C29H18N2O2/c32-29-21-11-4-6-14-23(21)31-24(17-18-27(31)30(29)19-9-2-1-3-10-19)20-13-8-16-26-28(20)22-12-5-7-15-25(22)33-26/h1-18H. The maximum atomic E-state index is 13.6. The lowest BCUT2D eigenvalue weighted by molar-refractivity contribution is 0.669. The Bertz CT molecular complexity index is 1890. The SMILES string of the molecule is O=c1c2ccccc2n2c(-c3cccc4oc5ccccc5c34)ccc2n1-c1ccccc1. The van der Waals surface area contributed by atoms with Gasteiger partial charge < -0.3 is 4.42 Å². The number of hydrogen-bond donors (Lipinski definition) is 0. The lowest BCUT2D eigenvalue weighted by Crippen LogP contribution is -2.21. The zero-order valence-electron chi connectivity index (χ0n) is 17.6. The predicted octanol–water partition coefficient (Wildman–Crippen LogP) is 6.81. The quantitative estimate of drug-likeness (QED) is 0.305. The van der Waals surface area contributed by atoms with Crippen LogP contribution < -0.4 is 5.56 Å². The summed E-state index contributed by atoms with van der Waals surface area (Å²) in [4.78, 5) is 13.6. The molecule has 0 bridgehead atoms. The summed E-state index contributed by atoms with van der Waals surface area (Å²) >= 11 is 0. The van der Waals surface area contributed by atoms with Crippen LogP contribution in [0, 0.1) is 0 Å². The van der Waals surface area contributed by atoms with E-state index in [1.165, 1.54) is 0 Å². The third kappa shape index (κ3) is 2.49. The maximum Gasteiger partial charge on any atom is 0.266 e. The molecule has 0 aliphatic carbocycles. The van der Waals surface area contributed by atoms with Gasteiger partial charge >= 0.3 is 0 Å². The summed E-state index contributed by atoms with van der Waals surface area (Å²) in [7, 11) is 0. The van der Waals surface area contributed by atoms with Crippen molar-refractivity contribution in [2.45, 2.75) is 0 Å². The summed E-state index contributed by atoms with van der Waals surface area (Å²) in [5, 5.41) is 2.84. The summed E-state index contributed by atoms with van der Waals surface area (Å²) < 4.78 is 10.1. The van der Waals surface area contributed by atoms with Gasteiger partial charge in [0.05, 0.1) is 22.3 Å². The average molecular weight is 426 g/mol. The number of para-hydroxylation sites is 3. The summed E-state index contributed by atoms with van der Waals surface area (Å²) in [5.41, 5.74) is 6.33. The van der Waals surface area contributed by atoms with Crippen molar-refractivity contribution in [3.63, 3.8) is 0 Å². The molecule has 0 atom stereocenters. The van der Waals surface area contributed by atoms with Crippen LogP contribution in [0.5, 0.6) is 0 Å². The van der Waals surface area contributed by atoms with Crippen LogP contribution in [0.25, 0.3) is 55.4 Å². The fraction of sp³-hybridized carbons (Fsp3) is 0. The molecule has 0 saturated carbocycles. The van der Waals surface area contributed by atoms with Gasteiger partial charge in [0.25, 0.3) is 5.56 Å². The largest absolute Gasteiger partial charge is 0.456 e. The average Bonchev–Trinajstić information content (AvgIpc) is 3.47. The van der Waals surface area contributed by atoms with Gasteiger partial charge in [-0.05, 0) is 48.5 Å². The molecule has 7 rings (SSSR count). The van der Waals surface area contributed by atoms with Crippen LogP contribution in [0.15, 0.2) is 118 Å². The summed E-state index contributed by atoms with van der Waals surface area (Å²) in [6.07, 6.45) is 0. The molecule has 0 amide bonds. The summed E-state index contributed by atoms with van der Waals surface area (Å²) in [6, 6.07) is 36.0. The number of aromatic nitrogens is 2. The van der Waals surface area contributed by atoms with E-state index >= 15 is 0 Å². The Balaban J connectivity index is 1.68. The number of hydrogen-bond acceptors (Lipinski definition) is 2. The predicted molar refractivity (Wildman–Crippen MR) is 133 cm³/mol. The number of furan rings is 1. The van der Waals surface area contributed by atoms with Crippen LogP contribution in [0.4, 0.5) is 0 Å². The fourth-order valence-corrected chi connectivity index (χ4v) is 4.95. The Hall–Kier alpha value is -4.57. The van der Waals surface area contributed by atoms with Crippen LogP contribution in [0.2, 0.25) is 0 Å². The van der Waals surface area contributed by atoms with Crippen molar-refractivity contribution in [3.8, 4) is 16.9 Å². The molecule has 0 saturated heterocycles. The van der Waals surface area contributed by atoms with Crippen molar-refractivity contribution < 1.29 is 4.42 Å². The minimum absolute atomic E-state index is 0.0269. The molecule has 0 unspecified atom stereocenters. The van der Waals surface area contributed by atoms with Crippen LogP contribution >= 0.6 is 0 Å². The van der Waals surface area contributed by atoms with Crippen molar-refractivity contribution in [1.29, 1.82) is 0 Å². The zero-order chi connectivity index (χ0) is 21.9. The highest BCUT2D eigenvalue weighted by Crippen LogP contribution is 2.37. The minimum atomic E-state index is -0.0269. The van der Waals surface area contributed by atoms with Gasteiger partial charge in [0, 0.05) is 16.3 Å². The number of fused-ring (bicyclic) bond motifs is 6. The molecule has 0 fully saturated rings. The normalized spacial score (nSPS) is 11.8. The van der Waals surface area contributed by atoms with Crippen molar-refractivity contribution in [3.05, 3.63) is 120 Å². The smallest absolute Gasteiger partial charge is 0.266 e. The van der Waals surface area contributed by atoms with E-state index in [0.717, 1.165) is 50.0 Å². The molecule has 156 valence electrons. The van der Waals surface area contributed by atoms with E-state index in [1.54, 1.807) is 4.57 Å². The zero-order valence-corrected chi connectivity index (χ0v) is 17.6. The van der Waals surface area contributed by atoms with Crippen LogP contribution in [-0.4, -0.2) is 8.97 Å². The van der Waals surface area contributed by atoms with E-state index < -0.39 is 0 Å². The molecule has 4 nitrogen and oxygen atoms in total. The number of rotatable bonds is 2. The maximum absolute atomic E-state index is 13.6. The third-order valence-electron chi connectivity index (χ3n) is 6.36. The van der Waals surface area contributed by atoms with E-state index in [4.69, 9.17) is 4.42 Å². The minimum Gasteiger partial charge on any atom is -0.456 e. The van der Waals surface area contributed by atoms with Crippen LogP contribution in [-0.2, 0) is 0 Å². The van der Waals surface area contributed by atoms with Crippen molar-refractivity contribution in [2.24, 2.45) is 0 Å². The Kier molecular flexibility index (Phi) is 3.67. The van der Waals surface area contributed by atoms with Gasteiger partial charge in [-0.15, -0.1) is 0 Å². The third-order valence-corrected chi connectivity index (χ3v) is 6.36. The van der Waals surface area contributed by atoms with E-state index in [0.29, 0.717) is 5.39 Å². The molecule has 0 spiro atoms. The molecule has 33 heavy (non-hydrogen) atoms. The highest BCUT2D eigenvalue weighted by atomic mass is 16.3. The Morgan fingerprint density at radius 1 is 0.606 bits per heavy atom. The molecule has 0 aliphatic rings.